The number of pyridine rings is 1. The van der Waals surface area contributed by atoms with Gasteiger partial charge in [0.2, 0.25) is 0 Å². The highest BCUT2D eigenvalue weighted by atomic mass is 35.5. The average Bonchev–Trinajstić information content (AvgIpc) is 2.30. The van der Waals surface area contributed by atoms with E-state index in [0.29, 0.717) is 13.6 Å². The van der Waals surface area contributed by atoms with Gasteiger partial charge in [-0.1, -0.05) is 43.9 Å². The van der Waals surface area contributed by atoms with E-state index in [-0.39, 0.29) is 0 Å². The third kappa shape index (κ3) is 3.67. The number of nitrogens with zero attached hydrogens (tertiary/aromatic N) is 1. The molecule has 17 heavy (non-hydrogen) atoms. The fraction of sp³-hybridized carbons (Fsp3) is 0.154. The molecule has 1 heterocycles. The van der Waals surface area contributed by atoms with E-state index < -0.39 is 0 Å². The lowest BCUT2D eigenvalue weighted by atomic mass is 10.2. The smallest absolute Gasteiger partial charge is 0.0589 e. The Hall–Kier alpha value is -0.620. The predicted molar refractivity (Wildman–Crippen MR) is 77.1 cm³/mol. The van der Waals surface area contributed by atoms with Gasteiger partial charge in [0.15, 0.2) is 0 Å². The monoisotopic (exact) mass is 283 g/mol. The number of hydrogen-bond acceptors (Lipinski definition) is 1. The van der Waals surface area contributed by atoms with Crippen LogP contribution in [0.4, 0.5) is 0 Å². The maximum Gasteiger partial charge on any atom is 0.0589 e. The van der Waals surface area contributed by atoms with Gasteiger partial charge in [0.05, 0.1) is 5.02 Å². The molecule has 0 N–H and O–H groups in total. The van der Waals surface area contributed by atoms with Crippen LogP contribution in [0.3, 0.4) is 0 Å². The molecule has 1 aromatic carbocycles. The molecule has 88 valence electrons. The molecule has 0 fully saturated rings. The number of halogens is 2. The Bertz CT molecular complexity index is 511. The van der Waals surface area contributed by atoms with Crippen molar-refractivity contribution < 1.29 is 0 Å². The third-order valence-electron chi connectivity index (χ3n) is 2.37. The number of aryl methyl sites for hydroxylation is 1. The molecule has 0 saturated heterocycles. The van der Waals surface area contributed by atoms with Crippen LogP contribution in [0.25, 0.3) is 0 Å². The standard InChI is InChI=1S/C13H12Cl2NP/c1-9-2-5-13(12(15)6-9)17-8-11-4-3-10(14)7-16-11/h2-7,17H,8H2,1H3. The van der Waals surface area contributed by atoms with Crippen LogP contribution < -0.4 is 5.30 Å². The minimum Gasteiger partial charge on any atom is -0.259 e. The molecule has 0 spiro atoms. The van der Waals surface area contributed by atoms with E-state index in [2.05, 4.69) is 17.1 Å². The van der Waals surface area contributed by atoms with Gasteiger partial charge in [-0.3, -0.25) is 4.98 Å². The van der Waals surface area contributed by atoms with Gasteiger partial charge in [0, 0.05) is 23.1 Å². The van der Waals surface area contributed by atoms with Crippen molar-refractivity contribution in [3.63, 3.8) is 0 Å². The molecule has 0 amide bonds. The second kappa shape index (κ2) is 5.82. The van der Waals surface area contributed by atoms with Gasteiger partial charge in [0.1, 0.15) is 0 Å². The summed E-state index contributed by atoms with van der Waals surface area (Å²) in [6.45, 7) is 2.04. The Balaban J connectivity index is 2.04. The van der Waals surface area contributed by atoms with E-state index in [1.54, 1.807) is 6.20 Å². The number of benzene rings is 1. The maximum atomic E-state index is 6.19. The van der Waals surface area contributed by atoms with E-state index in [9.17, 15) is 0 Å². The summed E-state index contributed by atoms with van der Waals surface area (Å²) in [4.78, 5) is 4.27. The summed E-state index contributed by atoms with van der Waals surface area (Å²) in [6, 6.07) is 10.00. The van der Waals surface area contributed by atoms with Crippen molar-refractivity contribution in [1.29, 1.82) is 0 Å². The first-order chi connectivity index (χ1) is 8.15. The summed E-state index contributed by atoms with van der Waals surface area (Å²) in [7, 11) is 0.636. The van der Waals surface area contributed by atoms with Gasteiger partial charge in [-0.05, 0) is 36.0 Å². The zero-order valence-corrected chi connectivity index (χ0v) is 11.9. The van der Waals surface area contributed by atoms with Crippen molar-refractivity contribution in [1.82, 2.24) is 4.98 Å². The third-order valence-corrected chi connectivity index (χ3v) is 4.42. The Morgan fingerprint density at radius 3 is 2.65 bits per heavy atom. The fourth-order valence-electron chi connectivity index (χ4n) is 1.46. The molecular formula is C13H12Cl2NP. The molecule has 1 atom stereocenters. The van der Waals surface area contributed by atoms with E-state index in [1.165, 1.54) is 10.9 Å². The number of aromatic nitrogens is 1. The maximum absolute atomic E-state index is 6.19. The van der Waals surface area contributed by atoms with E-state index in [4.69, 9.17) is 23.2 Å². The summed E-state index contributed by atoms with van der Waals surface area (Å²) in [5.41, 5.74) is 2.23. The molecule has 0 aliphatic heterocycles. The second-order valence-corrected chi connectivity index (χ2v) is 5.89. The highest BCUT2D eigenvalue weighted by Crippen LogP contribution is 2.23. The van der Waals surface area contributed by atoms with Crippen LogP contribution in [0.15, 0.2) is 36.5 Å². The van der Waals surface area contributed by atoms with Crippen molar-refractivity contribution in [3.05, 3.63) is 57.8 Å². The molecule has 0 radical (unpaired) electrons. The van der Waals surface area contributed by atoms with Gasteiger partial charge in [-0.15, -0.1) is 0 Å². The van der Waals surface area contributed by atoms with Crippen molar-refractivity contribution in [2.45, 2.75) is 13.1 Å². The topological polar surface area (TPSA) is 12.9 Å². The molecular weight excluding hydrogens is 272 g/mol. The zero-order chi connectivity index (χ0) is 12.3. The summed E-state index contributed by atoms with van der Waals surface area (Å²) < 4.78 is 0. The SMILES string of the molecule is Cc1ccc(PCc2ccc(Cl)cn2)c(Cl)c1. The van der Waals surface area contributed by atoms with Gasteiger partial charge < -0.3 is 0 Å². The first-order valence-corrected chi connectivity index (χ1v) is 7.22. The molecule has 0 bridgehead atoms. The van der Waals surface area contributed by atoms with Crippen LogP contribution in [0.5, 0.6) is 0 Å². The minimum atomic E-state index is 0.636. The molecule has 2 aromatic rings. The van der Waals surface area contributed by atoms with Crippen molar-refractivity contribution in [2.24, 2.45) is 0 Å². The first kappa shape index (κ1) is 12.8. The van der Waals surface area contributed by atoms with Crippen LogP contribution in [0.1, 0.15) is 11.3 Å². The van der Waals surface area contributed by atoms with Crippen molar-refractivity contribution >= 4 is 37.1 Å². The number of rotatable bonds is 3. The molecule has 2 rings (SSSR count). The summed E-state index contributed by atoms with van der Waals surface area (Å²) in [5.74, 6) is 0. The summed E-state index contributed by atoms with van der Waals surface area (Å²) >= 11 is 12.0. The highest BCUT2D eigenvalue weighted by molar-refractivity contribution is 7.46. The molecule has 0 aliphatic rings. The Labute approximate surface area is 113 Å². The fourth-order valence-corrected chi connectivity index (χ4v) is 3.03. The van der Waals surface area contributed by atoms with Crippen molar-refractivity contribution in [3.8, 4) is 0 Å². The van der Waals surface area contributed by atoms with E-state index in [1.807, 2.05) is 25.1 Å². The van der Waals surface area contributed by atoms with Crippen LogP contribution >= 0.6 is 31.8 Å². The molecule has 4 heteroatoms. The van der Waals surface area contributed by atoms with Gasteiger partial charge in [-0.2, -0.15) is 0 Å². The summed E-state index contributed by atoms with van der Waals surface area (Å²) in [6.07, 6.45) is 2.58. The van der Waals surface area contributed by atoms with Crippen LogP contribution in [0.2, 0.25) is 10.0 Å². The quantitative estimate of drug-likeness (QED) is 0.770. The summed E-state index contributed by atoms with van der Waals surface area (Å²) in [5, 5.41) is 2.71. The molecule has 1 nitrogen and oxygen atoms in total. The number of hydrogen-bond donors (Lipinski definition) is 0. The Morgan fingerprint density at radius 1 is 1.18 bits per heavy atom. The van der Waals surface area contributed by atoms with Gasteiger partial charge >= 0.3 is 0 Å². The highest BCUT2D eigenvalue weighted by Gasteiger charge is 2.02. The minimum absolute atomic E-state index is 0.636. The lowest BCUT2D eigenvalue weighted by molar-refractivity contribution is 1.17. The predicted octanol–water partition coefficient (Wildman–Crippen LogP) is 4.20. The molecule has 0 aliphatic carbocycles. The van der Waals surface area contributed by atoms with Crippen LogP contribution in [-0.4, -0.2) is 4.98 Å². The van der Waals surface area contributed by atoms with E-state index in [0.717, 1.165) is 16.9 Å². The lowest BCUT2D eigenvalue weighted by Crippen LogP contribution is -1.98. The molecule has 1 unspecified atom stereocenters. The van der Waals surface area contributed by atoms with Crippen molar-refractivity contribution in [2.75, 3.05) is 0 Å². The lowest BCUT2D eigenvalue weighted by Gasteiger charge is -2.05. The first-order valence-electron chi connectivity index (χ1n) is 5.25. The van der Waals surface area contributed by atoms with Gasteiger partial charge in [0.25, 0.3) is 0 Å². The Kier molecular flexibility index (Phi) is 4.39. The van der Waals surface area contributed by atoms with E-state index >= 15 is 0 Å². The normalized spacial score (nSPS) is 11.2. The molecule has 0 saturated carbocycles. The zero-order valence-electron chi connectivity index (χ0n) is 9.37. The van der Waals surface area contributed by atoms with Crippen LogP contribution in [-0.2, 0) is 6.16 Å². The second-order valence-electron chi connectivity index (χ2n) is 3.80. The largest absolute Gasteiger partial charge is 0.259 e. The van der Waals surface area contributed by atoms with Gasteiger partial charge in [-0.25, -0.2) is 0 Å². The average molecular weight is 284 g/mol. The Morgan fingerprint density at radius 2 is 2.00 bits per heavy atom. The van der Waals surface area contributed by atoms with Crippen LogP contribution in [0, 0.1) is 6.92 Å². The molecule has 1 aromatic heterocycles.